The molecule has 1 saturated heterocycles. The third kappa shape index (κ3) is 2.04. The first kappa shape index (κ1) is 11.4. The molecule has 2 aromatic heterocycles. The molecule has 0 saturated carbocycles. The topological polar surface area (TPSA) is 53.6 Å². The standard InChI is InChI=1S/C14H18N4/c1-10-13(11-4-2-6-15-8-11)17-18-14(10)12-5-3-7-16-9-12/h2,4,6,8,12,16H,3,5,7,9H2,1H3,(H,17,18). The molecule has 1 aliphatic rings. The largest absolute Gasteiger partial charge is 0.316 e. The van der Waals surface area contributed by atoms with Crippen molar-refractivity contribution in [3.8, 4) is 11.3 Å². The molecule has 2 aromatic rings. The van der Waals surface area contributed by atoms with Crippen LogP contribution in [-0.2, 0) is 0 Å². The van der Waals surface area contributed by atoms with Crippen molar-refractivity contribution < 1.29 is 0 Å². The maximum atomic E-state index is 4.47. The Morgan fingerprint density at radius 3 is 3.06 bits per heavy atom. The molecule has 4 heteroatoms. The molecular formula is C14H18N4. The van der Waals surface area contributed by atoms with Crippen LogP contribution < -0.4 is 5.32 Å². The highest BCUT2D eigenvalue weighted by Gasteiger charge is 2.21. The highest BCUT2D eigenvalue weighted by Crippen LogP contribution is 2.29. The van der Waals surface area contributed by atoms with Crippen molar-refractivity contribution in [3.05, 3.63) is 35.8 Å². The van der Waals surface area contributed by atoms with E-state index in [4.69, 9.17) is 0 Å². The van der Waals surface area contributed by atoms with Crippen LogP contribution >= 0.6 is 0 Å². The van der Waals surface area contributed by atoms with Crippen molar-refractivity contribution in [1.82, 2.24) is 20.5 Å². The van der Waals surface area contributed by atoms with Gasteiger partial charge in [0.2, 0.25) is 0 Å². The number of hydrogen-bond acceptors (Lipinski definition) is 3. The molecule has 1 unspecified atom stereocenters. The number of nitrogens with zero attached hydrogens (tertiary/aromatic N) is 2. The lowest BCUT2D eigenvalue weighted by Crippen LogP contribution is -2.28. The minimum atomic E-state index is 0.566. The first-order chi connectivity index (χ1) is 8.86. The van der Waals surface area contributed by atoms with Gasteiger partial charge < -0.3 is 5.32 Å². The number of aromatic amines is 1. The van der Waals surface area contributed by atoms with Gasteiger partial charge in [-0.05, 0) is 44.0 Å². The summed E-state index contributed by atoms with van der Waals surface area (Å²) in [5.41, 5.74) is 4.66. The number of nitrogens with one attached hydrogen (secondary N) is 2. The molecule has 0 spiro atoms. The summed E-state index contributed by atoms with van der Waals surface area (Å²) in [6.45, 7) is 4.34. The molecule has 0 aliphatic carbocycles. The normalized spacial score (nSPS) is 19.9. The Kier molecular flexibility index (Phi) is 3.11. The van der Waals surface area contributed by atoms with Gasteiger partial charge in [-0.2, -0.15) is 5.10 Å². The number of aromatic nitrogens is 3. The van der Waals surface area contributed by atoms with Gasteiger partial charge in [0.1, 0.15) is 0 Å². The van der Waals surface area contributed by atoms with E-state index in [0.717, 1.165) is 24.3 Å². The van der Waals surface area contributed by atoms with E-state index in [1.807, 2.05) is 12.3 Å². The maximum absolute atomic E-state index is 4.47. The Labute approximate surface area is 107 Å². The minimum absolute atomic E-state index is 0.566. The number of pyridine rings is 1. The fraction of sp³-hybridized carbons (Fsp3) is 0.429. The van der Waals surface area contributed by atoms with Crippen LogP contribution in [0.15, 0.2) is 24.5 Å². The van der Waals surface area contributed by atoms with Crippen LogP contribution in [0.4, 0.5) is 0 Å². The molecule has 3 heterocycles. The van der Waals surface area contributed by atoms with E-state index >= 15 is 0 Å². The number of H-pyrrole nitrogens is 1. The molecular weight excluding hydrogens is 224 g/mol. The molecule has 94 valence electrons. The lowest BCUT2D eigenvalue weighted by Gasteiger charge is -2.22. The van der Waals surface area contributed by atoms with Gasteiger partial charge in [0.05, 0.1) is 5.69 Å². The van der Waals surface area contributed by atoms with Crippen molar-refractivity contribution in [2.45, 2.75) is 25.7 Å². The number of hydrogen-bond donors (Lipinski definition) is 2. The highest BCUT2D eigenvalue weighted by molar-refractivity contribution is 5.62. The summed E-state index contributed by atoms with van der Waals surface area (Å²) < 4.78 is 0. The third-order valence-corrected chi connectivity index (χ3v) is 3.69. The Morgan fingerprint density at radius 1 is 1.39 bits per heavy atom. The fourth-order valence-electron chi connectivity index (χ4n) is 2.69. The molecule has 18 heavy (non-hydrogen) atoms. The molecule has 0 aromatic carbocycles. The van der Waals surface area contributed by atoms with Crippen LogP contribution in [-0.4, -0.2) is 28.3 Å². The van der Waals surface area contributed by atoms with Gasteiger partial charge in [-0.15, -0.1) is 0 Å². The summed E-state index contributed by atoms with van der Waals surface area (Å²) in [5.74, 6) is 0.566. The van der Waals surface area contributed by atoms with Gasteiger partial charge in [-0.3, -0.25) is 10.1 Å². The number of rotatable bonds is 2. The number of piperidine rings is 1. The maximum Gasteiger partial charge on any atom is 0.0968 e. The van der Waals surface area contributed by atoms with Gasteiger partial charge >= 0.3 is 0 Å². The van der Waals surface area contributed by atoms with Crippen molar-refractivity contribution in [3.63, 3.8) is 0 Å². The van der Waals surface area contributed by atoms with Crippen molar-refractivity contribution >= 4 is 0 Å². The van der Waals surface area contributed by atoms with Crippen LogP contribution in [0.2, 0.25) is 0 Å². The van der Waals surface area contributed by atoms with Crippen LogP contribution in [0.5, 0.6) is 0 Å². The Morgan fingerprint density at radius 2 is 2.33 bits per heavy atom. The molecule has 1 fully saturated rings. The summed E-state index contributed by atoms with van der Waals surface area (Å²) in [4.78, 5) is 4.16. The van der Waals surface area contributed by atoms with Crippen molar-refractivity contribution in [2.24, 2.45) is 0 Å². The summed E-state index contributed by atoms with van der Waals surface area (Å²) in [6, 6.07) is 4.00. The van der Waals surface area contributed by atoms with Crippen LogP contribution in [0.25, 0.3) is 11.3 Å². The van der Waals surface area contributed by atoms with E-state index in [9.17, 15) is 0 Å². The molecule has 4 nitrogen and oxygen atoms in total. The second kappa shape index (κ2) is 4.90. The Hall–Kier alpha value is -1.68. The molecule has 3 rings (SSSR count). The first-order valence-corrected chi connectivity index (χ1v) is 6.52. The van der Waals surface area contributed by atoms with E-state index in [1.165, 1.54) is 24.1 Å². The van der Waals surface area contributed by atoms with Crippen molar-refractivity contribution in [2.75, 3.05) is 13.1 Å². The third-order valence-electron chi connectivity index (χ3n) is 3.69. The summed E-state index contributed by atoms with van der Waals surface area (Å²) in [6.07, 6.45) is 6.14. The smallest absolute Gasteiger partial charge is 0.0968 e. The fourth-order valence-corrected chi connectivity index (χ4v) is 2.69. The Bertz CT molecular complexity index is 512. The molecule has 0 bridgehead atoms. The summed E-state index contributed by atoms with van der Waals surface area (Å²) in [7, 11) is 0. The lowest BCUT2D eigenvalue weighted by atomic mass is 9.93. The monoisotopic (exact) mass is 242 g/mol. The Balaban J connectivity index is 1.92. The average Bonchev–Trinajstić information content (AvgIpc) is 2.83. The zero-order valence-electron chi connectivity index (χ0n) is 10.6. The van der Waals surface area contributed by atoms with Crippen LogP contribution in [0.3, 0.4) is 0 Å². The van der Waals surface area contributed by atoms with E-state index < -0.39 is 0 Å². The van der Waals surface area contributed by atoms with Crippen LogP contribution in [0, 0.1) is 6.92 Å². The quantitative estimate of drug-likeness (QED) is 0.849. The summed E-state index contributed by atoms with van der Waals surface area (Å²) in [5, 5.41) is 11.1. The minimum Gasteiger partial charge on any atom is -0.316 e. The highest BCUT2D eigenvalue weighted by atomic mass is 15.1. The van der Waals surface area contributed by atoms with Gasteiger partial charge in [0, 0.05) is 36.1 Å². The second-order valence-electron chi connectivity index (χ2n) is 4.90. The van der Waals surface area contributed by atoms with Gasteiger partial charge in [-0.1, -0.05) is 0 Å². The molecule has 2 N–H and O–H groups in total. The predicted octanol–water partition coefficient (Wildman–Crippen LogP) is 2.25. The summed E-state index contributed by atoms with van der Waals surface area (Å²) >= 11 is 0. The molecule has 0 amide bonds. The zero-order valence-corrected chi connectivity index (χ0v) is 10.6. The molecule has 1 aliphatic heterocycles. The van der Waals surface area contributed by atoms with E-state index in [1.54, 1.807) is 6.20 Å². The predicted molar refractivity (Wildman–Crippen MR) is 71.4 cm³/mol. The van der Waals surface area contributed by atoms with E-state index in [-0.39, 0.29) is 0 Å². The van der Waals surface area contributed by atoms with Gasteiger partial charge in [0.15, 0.2) is 0 Å². The van der Waals surface area contributed by atoms with E-state index in [2.05, 4.69) is 33.5 Å². The average molecular weight is 242 g/mol. The van der Waals surface area contributed by atoms with Gasteiger partial charge in [-0.25, -0.2) is 0 Å². The van der Waals surface area contributed by atoms with Crippen molar-refractivity contribution in [1.29, 1.82) is 0 Å². The molecule has 0 radical (unpaired) electrons. The van der Waals surface area contributed by atoms with E-state index in [0.29, 0.717) is 5.92 Å². The second-order valence-corrected chi connectivity index (χ2v) is 4.90. The lowest BCUT2D eigenvalue weighted by molar-refractivity contribution is 0.453. The SMILES string of the molecule is Cc1c(-c2cccnc2)n[nH]c1C1CCCNC1. The first-order valence-electron chi connectivity index (χ1n) is 6.52. The molecule has 1 atom stereocenters. The van der Waals surface area contributed by atoms with Crippen LogP contribution in [0.1, 0.15) is 30.0 Å². The van der Waals surface area contributed by atoms with Gasteiger partial charge in [0.25, 0.3) is 0 Å². The zero-order chi connectivity index (χ0) is 12.4.